The van der Waals surface area contributed by atoms with Crippen LogP contribution >= 0.6 is 11.8 Å². The Morgan fingerprint density at radius 1 is 1.08 bits per heavy atom. The fraction of sp³-hybridized carbons (Fsp3) is 0.118. The number of carbonyl (C=O) groups is 1. The molecule has 1 unspecified atom stereocenters. The van der Waals surface area contributed by atoms with Gasteiger partial charge in [-0.3, -0.25) is 9.36 Å². The highest BCUT2D eigenvalue weighted by Crippen LogP contribution is 2.30. The fourth-order valence-electron chi connectivity index (χ4n) is 2.16. The lowest BCUT2D eigenvalue weighted by Gasteiger charge is -2.11. The smallest absolute Gasteiger partial charge is 0.316 e. The van der Waals surface area contributed by atoms with Gasteiger partial charge in [-0.1, -0.05) is 30.0 Å². The van der Waals surface area contributed by atoms with Crippen molar-refractivity contribution < 1.29 is 15.0 Å². The van der Waals surface area contributed by atoms with Crippen molar-refractivity contribution in [2.45, 2.75) is 17.3 Å². The summed E-state index contributed by atoms with van der Waals surface area (Å²) in [7, 11) is 0. The van der Waals surface area contributed by atoms with Gasteiger partial charge in [-0.05, 0) is 43.3 Å². The summed E-state index contributed by atoms with van der Waals surface area (Å²) in [6.07, 6.45) is 0. The van der Waals surface area contributed by atoms with Crippen molar-refractivity contribution in [1.29, 1.82) is 0 Å². The molecule has 0 amide bonds. The van der Waals surface area contributed by atoms with Crippen LogP contribution < -0.4 is 0 Å². The van der Waals surface area contributed by atoms with Gasteiger partial charge in [0, 0.05) is 11.3 Å². The Bertz CT molecular complexity index is 847. The molecule has 0 spiro atoms. The minimum atomic E-state index is -0.909. The van der Waals surface area contributed by atoms with Crippen LogP contribution in [0, 0.1) is 0 Å². The van der Waals surface area contributed by atoms with E-state index in [0.717, 1.165) is 23.0 Å². The summed E-state index contributed by atoms with van der Waals surface area (Å²) in [6, 6.07) is 16.1. The van der Waals surface area contributed by atoms with Crippen molar-refractivity contribution in [3.05, 3.63) is 54.6 Å². The Balaban J connectivity index is 2.11. The Kier molecular flexibility index (Phi) is 4.52. The summed E-state index contributed by atoms with van der Waals surface area (Å²) in [6.45, 7) is 1.61. The first-order valence-corrected chi connectivity index (χ1v) is 8.14. The number of thioether (sulfide) groups is 1. The van der Waals surface area contributed by atoms with Crippen molar-refractivity contribution >= 4 is 17.7 Å². The maximum Gasteiger partial charge on any atom is 0.316 e. The molecule has 0 aliphatic heterocycles. The van der Waals surface area contributed by atoms with Gasteiger partial charge < -0.3 is 10.2 Å². The number of carboxylic acids is 1. The van der Waals surface area contributed by atoms with Crippen molar-refractivity contribution in [2.24, 2.45) is 0 Å². The summed E-state index contributed by atoms with van der Waals surface area (Å²) in [4.78, 5) is 11.2. The van der Waals surface area contributed by atoms with Gasteiger partial charge in [-0.15, -0.1) is 10.2 Å². The van der Waals surface area contributed by atoms with Crippen LogP contribution in [0.2, 0.25) is 0 Å². The van der Waals surface area contributed by atoms with E-state index < -0.39 is 11.2 Å². The quantitative estimate of drug-likeness (QED) is 0.693. The number of nitrogens with zero attached hydrogens (tertiary/aromatic N) is 3. The number of rotatable bonds is 5. The second-order valence-corrected chi connectivity index (χ2v) is 6.43. The topological polar surface area (TPSA) is 88.2 Å². The second-order valence-electron chi connectivity index (χ2n) is 5.12. The molecular formula is C17H15N3O3S. The molecule has 0 radical (unpaired) electrons. The van der Waals surface area contributed by atoms with Crippen molar-refractivity contribution in [3.8, 4) is 22.8 Å². The lowest BCUT2D eigenvalue weighted by molar-refractivity contribution is -0.136. The van der Waals surface area contributed by atoms with E-state index in [4.69, 9.17) is 5.11 Å². The number of carboxylic acid groups (broad SMARTS) is 1. The molecule has 2 aromatic carbocycles. The molecule has 1 heterocycles. The van der Waals surface area contributed by atoms with Crippen LogP contribution in [0.1, 0.15) is 6.92 Å². The molecule has 122 valence electrons. The molecule has 2 N–H and O–H groups in total. The number of aliphatic carboxylic acids is 1. The zero-order valence-electron chi connectivity index (χ0n) is 12.8. The van der Waals surface area contributed by atoms with Crippen molar-refractivity contribution in [3.63, 3.8) is 0 Å². The Labute approximate surface area is 142 Å². The van der Waals surface area contributed by atoms with E-state index >= 15 is 0 Å². The van der Waals surface area contributed by atoms with E-state index in [-0.39, 0.29) is 5.75 Å². The molecule has 3 aromatic rings. The number of phenols is 1. The van der Waals surface area contributed by atoms with Crippen LogP contribution in [-0.2, 0) is 4.79 Å². The van der Waals surface area contributed by atoms with Crippen LogP contribution in [0.3, 0.4) is 0 Å². The predicted molar refractivity (Wildman–Crippen MR) is 91.4 cm³/mol. The summed E-state index contributed by atoms with van der Waals surface area (Å²) in [5.41, 5.74) is 1.62. The number of hydrogen-bond acceptors (Lipinski definition) is 5. The van der Waals surface area contributed by atoms with E-state index in [9.17, 15) is 9.90 Å². The molecule has 0 aliphatic carbocycles. The van der Waals surface area contributed by atoms with Crippen molar-refractivity contribution in [2.75, 3.05) is 0 Å². The van der Waals surface area contributed by atoms with Crippen LogP contribution in [0.5, 0.6) is 5.75 Å². The molecule has 6 nitrogen and oxygen atoms in total. The molecule has 7 heteroatoms. The SMILES string of the molecule is CC(Sc1nnc(-c2ccc(O)cc2)n1-c1ccccc1)C(=O)O. The highest BCUT2D eigenvalue weighted by atomic mass is 32.2. The van der Waals surface area contributed by atoms with Crippen LogP contribution in [0.4, 0.5) is 0 Å². The average molecular weight is 341 g/mol. The molecule has 24 heavy (non-hydrogen) atoms. The molecule has 1 atom stereocenters. The lowest BCUT2D eigenvalue weighted by atomic mass is 10.2. The molecule has 0 saturated carbocycles. The molecule has 3 rings (SSSR count). The van der Waals surface area contributed by atoms with Gasteiger partial charge in [0.25, 0.3) is 0 Å². The van der Waals surface area contributed by atoms with Crippen molar-refractivity contribution in [1.82, 2.24) is 14.8 Å². The fourth-order valence-corrected chi connectivity index (χ4v) is 2.96. The minimum Gasteiger partial charge on any atom is -0.508 e. The maximum atomic E-state index is 11.2. The third-order valence-electron chi connectivity index (χ3n) is 3.40. The molecule has 0 aliphatic rings. The first kappa shape index (κ1) is 16.1. The van der Waals surface area contributed by atoms with Gasteiger partial charge in [-0.2, -0.15) is 0 Å². The summed E-state index contributed by atoms with van der Waals surface area (Å²) < 4.78 is 1.82. The molecule has 1 aromatic heterocycles. The van der Waals surface area contributed by atoms with Crippen LogP contribution in [-0.4, -0.2) is 36.2 Å². The molecule has 0 saturated heterocycles. The third-order valence-corrected chi connectivity index (χ3v) is 4.43. The van der Waals surface area contributed by atoms with E-state index in [1.165, 1.54) is 0 Å². The van der Waals surface area contributed by atoms with Gasteiger partial charge in [-0.25, -0.2) is 0 Å². The van der Waals surface area contributed by atoms with Crippen LogP contribution in [0.15, 0.2) is 59.8 Å². The number of aromatic nitrogens is 3. The Morgan fingerprint density at radius 2 is 1.75 bits per heavy atom. The van der Waals surface area contributed by atoms with E-state index in [1.807, 2.05) is 34.9 Å². The largest absolute Gasteiger partial charge is 0.508 e. The molecule has 0 bridgehead atoms. The van der Waals surface area contributed by atoms with Gasteiger partial charge in [0.2, 0.25) is 0 Å². The monoisotopic (exact) mass is 341 g/mol. The van der Waals surface area contributed by atoms with Gasteiger partial charge in [0.1, 0.15) is 11.0 Å². The van der Waals surface area contributed by atoms with Gasteiger partial charge in [0.15, 0.2) is 11.0 Å². The second kappa shape index (κ2) is 6.76. The maximum absolute atomic E-state index is 11.2. The number of para-hydroxylation sites is 1. The third kappa shape index (κ3) is 3.26. The first-order valence-electron chi connectivity index (χ1n) is 7.26. The normalized spacial score (nSPS) is 12.0. The number of benzene rings is 2. The zero-order valence-corrected chi connectivity index (χ0v) is 13.6. The number of aromatic hydroxyl groups is 1. The average Bonchev–Trinajstić information content (AvgIpc) is 2.99. The number of phenolic OH excluding ortho intramolecular Hbond substituents is 1. The molecule has 0 fully saturated rings. The highest BCUT2D eigenvalue weighted by Gasteiger charge is 2.21. The Morgan fingerprint density at radius 3 is 2.38 bits per heavy atom. The highest BCUT2D eigenvalue weighted by molar-refractivity contribution is 8.00. The summed E-state index contributed by atoms with van der Waals surface area (Å²) in [5.74, 6) is -0.159. The van der Waals surface area contributed by atoms with Gasteiger partial charge in [0.05, 0.1) is 0 Å². The molecular weight excluding hydrogens is 326 g/mol. The predicted octanol–water partition coefficient (Wildman–Crippen LogP) is 3.21. The van der Waals surface area contributed by atoms with E-state index in [1.54, 1.807) is 31.2 Å². The van der Waals surface area contributed by atoms with Crippen LogP contribution in [0.25, 0.3) is 17.1 Å². The van der Waals surface area contributed by atoms with E-state index in [0.29, 0.717) is 11.0 Å². The zero-order chi connectivity index (χ0) is 17.1. The lowest BCUT2D eigenvalue weighted by Crippen LogP contribution is -2.12. The summed E-state index contributed by atoms with van der Waals surface area (Å²) >= 11 is 1.13. The standard InChI is InChI=1S/C17H15N3O3S/c1-11(16(22)23)24-17-19-18-15(12-7-9-14(21)10-8-12)20(17)13-5-3-2-4-6-13/h2-11,21H,1H3,(H,22,23). The first-order chi connectivity index (χ1) is 11.6. The van der Waals surface area contributed by atoms with E-state index in [2.05, 4.69) is 10.2 Å². The summed E-state index contributed by atoms with van der Waals surface area (Å²) in [5, 5.41) is 26.9. The number of hydrogen-bond donors (Lipinski definition) is 2. The minimum absolute atomic E-state index is 0.165. The Hall–Kier alpha value is -2.80. The van der Waals surface area contributed by atoms with Gasteiger partial charge >= 0.3 is 5.97 Å².